The molecule has 0 aromatic heterocycles. The van der Waals surface area contributed by atoms with Gasteiger partial charge in [0.1, 0.15) is 5.75 Å². The van der Waals surface area contributed by atoms with E-state index in [1.54, 1.807) is 6.07 Å². The summed E-state index contributed by atoms with van der Waals surface area (Å²) >= 11 is 0. The molecule has 22 heavy (non-hydrogen) atoms. The second-order valence-corrected chi connectivity index (χ2v) is 6.79. The summed E-state index contributed by atoms with van der Waals surface area (Å²) in [7, 11) is 0. The van der Waals surface area contributed by atoms with Crippen molar-refractivity contribution in [3.8, 4) is 5.75 Å². The van der Waals surface area contributed by atoms with Gasteiger partial charge in [-0.1, -0.05) is 18.6 Å². The molecule has 2 aliphatic rings. The molecular weight excluding hydrogens is 276 g/mol. The average molecular weight is 302 g/mol. The van der Waals surface area contributed by atoms with Gasteiger partial charge in [-0.3, -0.25) is 9.69 Å². The molecule has 1 aliphatic heterocycles. The zero-order valence-electron chi connectivity index (χ0n) is 13.1. The van der Waals surface area contributed by atoms with Crippen LogP contribution in [0, 0.1) is 11.8 Å². The van der Waals surface area contributed by atoms with E-state index < -0.39 is 0 Å². The lowest BCUT2D eigenvalue weighted by Gasteiger charge is -2.33. The fourth-order valence-corrected chi connectivity index (χ4v) is 3.43. The van der Waals surface area contributed by atoms with E-state index in [0.29, 0.717) is 11.7 Å². The Bertz CT molecular complexity index is 514. The summed E-state index contributed by atoms with van der Waals surface area (Å²) in [6.07, 6.45) is 5.73. The summed E-state index contributed by atoms with van der Waals surface area (Å²) in [5.41, 5.74) is 1.15. The van der Waals surface area contributed by atoms with Gasteiger partial charge in [-0.15, -0.1) is 0 Å². The minimum Gasteiger partial charge on any atom is -0.508 e. The number of aromatic hydroxyl groups is 1. The first-order valence-electron chi connectivity index (χ1n) is 8.48. The normalized spacial score (nSPS) is 23.0. The molecule has 1 atom stereocenters. The maximum atomic E-state index is 11.9. The molecule has 0 unspecified atom stereocenters. The zero-order chi connectivity index (χ0) is 15.4. The lowest BCUT2D eigenvalue weighted by molar-refractivity contribution is -0.127. The highest BCUT2D eigenvalue weighted by molar-refractivity contribution is 5.79. The SMILES string of the molecule is O=C(NC[C@@H]1CCCN(Cc2cccc(O)c2)C1)C1CCC1. The summed E-state index contributed by atoms with van der Waals surface area (Å²) in [6.45, 7) is 3.82. The molecule has 2 fully saturated rings. The predicted octanol–water partition coefficient (Wildman–Crippen LogP) is 2.52. The molecule has 0 spiro atoms. The van der Waals surface area contributed by atoms with Crippen LogP contribution in [0.2, 0.25) is 0 Å². The van der Waals surface area contributed by atoms with Crippen molar-refractivity contribution in [3.63, 3.8) is 0 Å². The minimum atomic E-state index is 0.261. The van der Waals surface area contributed by atoms with Gasteiger partial charge in [-0.25, -0.2) is 0 Å². The van der Waals surface area contributed by atoms with Crippen LogP contribution in [-0.4, -0.2) is 35.5 Å². The molecular formula is C18H26N2O2. The number of amides is 1. The van der Waals surface area contributed by atoms with Crippen molar-refractivity contribution in [2.45, 2.75) is 38.6 Å². The smallest absolute Gasteiger partial charge is 0.223 e. The van der Waals surface area contributed by atoms with Crippen LogP contribution in [0.3, 0.4) is 0 Å². The molecule has 4 heteroatoms. The van der Waals surface area contributed by atoms with Gasteiger partial charge in [0.05, 0.1) is 0 Å². The number of hydrogen-bond acceptors (Lipinski definition) is 3. The highest BCUT2D eigenvalue weighted by atomic mass is 16.3. The van der Waals surface area contributed by atoms with Crippen LogP contribution in [0.15, 0.2) is 24.3 Å². The highest BCUT2D eigenvalue weighted by Gasteiger charge is 2.26. The van der Waals surface area contributed by atoms with E-state index in [0.717, 1.165) is 44.6 Å². The van der Waals surface area contributed by atoms with Crippen LogP contribution in [0.25, 0.3) is 0 Å². The fourth-order valence-electron chi connectivity index (χ4n) is 3.43. The van der Waals surface area contributed by atoms with E-state index in [1.165, 1.54) is 19.3 Å². The lowest BCUT2D eigenvalue weighted by atomic mass is 9.84. The van der Waals surface area contributed by atoms with Gasteiger partial charge in [0.15, 0.2) is 0 Å². The third-order valence-corrected chi connectivity index (χ3v) is 4.96. The molecule has 2 N–H and O–H groups in total. The summed E-state index contributed by atoms with van der Waals surface area (Å²) < 4.78 is 0. The number of carbonyl (C=O) groups is 1. The lowest BCUT2D eigenvalue weighted by Crippen LogP contribution is -2.42. The predicted molar refractivity (Wildman–Crippen MR) is 86.5 cm³/mol. The molecule has 1 saturated carbocycles. The Labute approximate surface area is 132 Å². The van der Waals surface area contributed by atoms with Crippen molar-refractivity contribution >= 4 is 5.91 Å². The van der Waals surface area contributed by atoms with Crippen molar-refractivity contribution < 1.29 is 9.90 Å². The molecule has 0 radical (unpaired) electrons. The number of likely N-dealkylation sites (tertiary alicyclic amines) is 1. The first-order chi connectivity index (χ1) is 10.7. The van der Waals surface area contributed by atoms with Gasteiger partial charge in [-0.05, 0) is 55.8 Å². The van der Waals surface area contributed by atoms with Crippen LogP contribution in [0.1, 0.15) is 37.7 Å². The van der Waals surface area contributed by atoms with Gasteiger partial charge in [0.25, 0.3) is 0 Å². The Hall–Kier alpha value is -1.55. The first-order valence-corrected chi connectivity index (χ1v) is 8.48. The van der Waals surface area contributed by atoms with E-state index in [2.05, 4.69) is 16.3 Å². The Morgan fingerprint density at radius 3 is 2.86 bits per heavy atom. The van der Waals surface area contributed by atoms with Crippen LogP contribution in [-0.2, 0) is 11.3 Å². The number of piperidine rings is 1. The maximum Gasteiger partial charge on any atom is 0.223 e. The van der Waals surface area contributed by atoms with Gasteiger partial charge in [0, 0.05) is 25.6 Å². The van der Waals surface area contributed by atoms with E-state index in [9.17, 15) is 9.90 Å². The molecule has 1 saturated heterocycles. The average Bonchev–Trinajstić information content (AvgIpc) is 2.44. The number of rotatable bonds is 5. The molecule has 4 nitrogen and oxygen atoms in total. The third kappa shape index (κ3) is 4.01. The van der Waals surface area contributed by atoms with Gasteiger partial charge in [-0.2, -0.15) is 0 Å². The van der Waals surface area contributed by atoms with Crippen molar-refractivity contribution in [3.05, 3.63) is 29.8 Å². The number of benzene rings is 1. The minimum absolute atomic E-state index is 0.261. The molecule has 1 aromatic carbocycles. The van der Waals surface area contributed by atoms with Crippen LogP contribution in [0.4, 0.5) is 0 Å². The zero-order valence-corrected chi connectivity index (χ0v) is 13.1. The molecule has 120 valence electrons. The summed E-state index contributed by atoms with van der Waals surface area (Å²) in [4.78, 5) is 14.4. The van der Waals surface area contributed by atoms with E-state index in [1.807, 2.05) is 12.1 Å². The van der Waals surface area contributed by atoms with Crippen molar-refractivity contribution in [1.29, 1.82) is 0 Å². The fraction of sp³-hybridized carbons (Fsp3) is 0.611. The van der Waals surface area contributed by atoms with Crippen LogP contribution in [0.5, 0.6) is 5.75 Å². The Morgan fingerprint density at radius 1 is 1.27 bits per heavy atom. The van der Waals surface area contributed by atoms with Crippen molar-refractivity contribution in [2.24, 2.45) is 11.8 Å². The van der Waals surface area contributed by atoms with Gasteiger partial charge >= 0.3 is 0 Å². The number of phenols is 1. The van der Waals surface area contributed by atoms with E-state index >= 15 is 0 Å². The largest absolute Gasteiger partial charge is 0.508 e. The quantitative estimate of drug-likeness (QED) is 0.879. The van der Waals surface area contributed by atoms with Crippen molar-refractivity contribution in [1.82, 2.24) is 10.2 Å². The van der Waals surface area contributed by atoms with Gasteiger partial charge < -0.3 is 10.4 Å². The number of nitrogens with one attached hydrogen (secondary N) is 1. The molecule has 1 aliphatic carbocycles. The molecule has 1 amide bonds. The van der Waals surface area contributed by atoms with Crippen molar-refractivity contribution in [2.75, 3.05) is 19.6 Å². The summed E-state index contributed by atoms with van der Waals surface area (Å²) in [5, 5.41) is 12.7. The monoisotopic (exact) mass is 302 g/mol. The number of carbonyl (C=O) groups excluding carboxylic acids is 1. The van der Waals surface area contributed by atoms with Gasteiger partial charge in [0.2, 0.25) is 5.91 Å². The maximum absolute atomic E-state index is 11.9. The third-order valence-electron chi connectivity index (χ3n) is 4.96. The second kappa shape index (κ2) is 7.14. The molecule has 0 bridgehead atoms. The summed E-state index contributed by atoms with van der Waals surface area (Å²) in [6, 6.07) is 7.49. The Balaban J connectivity index is 1.45. The second-order valence-electron chi connectivity index (χ2n) is 6.79. The number of nitrogens with zero attached hydrogens (tertiary/aromatic N) is 1. The molecule has 3 rings (SSSR count). The first kappa shape index (κ1) is 15.3. The standard InChI is InChI=1S/C18H26N2O2/c21-17-8-1-4-14(10-17)12-20-9-3-5-15(13-20)11-19-18(22)16-6-2-7-16/h1,4,8,10,15-16,21H,2-3,5-7,9,11-13H2,(H,19,22)/t15-/m0/s1. The summed E-state index contributed by atoms with van der Waals surface area (Å²) in [5.74, 6) is 1.43. The van der Waals surface area contributed by atoms with Crippen LogP contribution < -0.4 is 5.32 Å². The molecule has 1 aromatic rings. The van der Waals surface area contributed by atoms with E-state index in [-0.39, 0.29) is 11.8 Å². The number of phenolic OH excluding ortho intramolecular Hbond substituents is 1. The molecule has 1 heterocycles. The Morgan fingerprint density at radius 2 is 2.14 bits per heavy atom. The van der Waals surface area contributed by atoms with Crippen LogP contribution >= 0.6 is 0 Å². The number of hydrogen-bond donors (Lipinski definition) is 2. The van der Waals surface area contributed by atoms with E-state index in [4.69, 9.17) is 0 Å². The highest BCUT2D eigenvalue weighted by Crippen LogP contribution is 2.26. The topological polar surface area (TPSA) is 52.6 Å². The Kier molecular flexibility index (Phi) is 4.98.